The Morgan fingerprint density at radius 2 is 1.74 bits per heavy atom. The molecule has 1 saturated heterocycles. The van der Waals surface area contributed by atoms with Crippen LogP contribution in [-0.4, -0.2) is 46.9 Å². The predicted octanol–water partition coefficient (Wildman–Crippen LogP) is 3.89. The summed E-state index contributed by atoms with van der Waals surface area (Å²) < 4.78 is 5.65. The highest BCUT2D eigenvalue weighted by molar-refractivity contribution is 7.11. The summed E-state index contributed by atoms with van der Waals surface area (Å²) in [6.45, 7) is 4.23. The molecule has 0 atom stereocenters. The van der Waals surface area contributed by atoms with Crippen LogP contribution in [0, 0.1) is 0 Å². The van der Waals surface area contributed by atoms with Crippen molar-refractivity contribution in [2.75, 3.05) is 26.2 Å². The predicted molar refractivity (Wildman–Crippen MR) is 106 cm³/mol. The Labute approximate surface area is 162 Å². The van der Waals surface area contributed by atoms with Crippen LogP contribution < -0.4 is 4.74 Å². The molecule has 0 aliphatic carbocycles. The van der Waals surface area contributed by atoms with Gasteiger partial charge in [0.15, 0.2) is 0 Å². The molecular weight excluding hydrogens is 358 g/mol. The monoisotopic (exact) mass is 379 g/mol. The van der Waals surface area contributed by atoms with Crippen molar-refractivity contribution in [2.24, 2.45) is 0 Å². The first-order chi connectivity index (χ1) is 13.3. The number of nitrogens with zero attached hydrogens (tertiary/aromatic N) is 3. The Morgan fingerprint density at radius 3 is 2.41 bits per heavy atom. The lowest BCUT2D eigenvalue weighted by Crippen LogP contribution is -2.48. The van der Waals surface area contributed by atoms with E-state index < -0.39 is 0 Å². The first-order valence-corrected chi connectivity index (χ1v) is 9.89. The van der Waals surface area contributed by atoms with Crippen LogP contribution in [0.25, 0.3) is 0 Å². The van der Waals surface area contributed by atoms with Crippen molar-refractivity contribution >= 4 is 17.2 Å². The maximum Gasteiger partial charge on any atom is 0.278 e. The van der Waals surface area contributed by atoms with Gasteiger partial charge in [0.05, 0.1) is 0 Å². The van der Waals surface area contributed by atoms with Crippen LogP contribution in [0.2, 0.25) is 0 Å². The van der Waals surface area contributed by atoms with Crippen LogP contribution in [0.1, 0.15) is 15.9 Å². The number of benzene rings is 2. The fraction of sp³-hybridized carbons (Fsp3) is 0.238. The van der Waals surface area contributed by atoms with E-state index in [1.54, 1.807) is 6.20 Å². The van der Waals surface area contributed by atoms with Crippen LogP contribution >= 0.6 is 11.3 Å². The number of hydrogen-bond donors (Lipinski definition) is 0. The zero-order valence-corrected chi connectivity index (χ0v) is 15.8. The van der Waals surface area contributed by atoms with E-state index in [1.807, 2.05) is 40.6 Å². The molecule has 2 aromatic carbocycles. The quantitative estimate of drug-likeness (QED) is 0.675. The van der Waals surface area contributed by atoms with Gasteiger partial charge in [-0.05, 0) is 29.8 Å². The molecule has 138 valence electrons. The number of aromatic nitrogens is 1. The summed E-state index contributed by atoms with van der Waals surface area (Å²) in [4.78, 5) is 21.2. The Morgan fingerprint density at radius 1 is 1.00 bits per heavy atom. The molecule has 6 heteroatoms. The molecule has 0 saturated carbocycles. The fourth-order valence-corrected chi connectivity index (χ4v) is 3.66. The van der Waals surface area contributed by atoms with Gasteiger partial charge in [0.25, 0.3) is 11.1 Å². The number of hydrogen-bond acceptors (Lipinski definition) is 5. The number of rotatable bonds is 5. The molecule has 1 aromatic heterocycles. The SMILES string of the molecule is O=C(c1ccc(Oc2nccs2)cc1)N1CCN(Cc2ccccc2)CC1. The number of amides is 1. The van der Waals surface area contributed by atoms with Gasteiger partial charge < -0.3 is 9.64 Å². The molecule has 2 heterocycles. The Bertz CT molecular complexity index is 858. The molecule has 0 spiro atoms. The zero-order chi connectivity index (χ0) is 18.5. The average Bonchev–Trinajstić information content (AvgIpc) is 3.22. The molecule has 0 radical (unpaired) electrons. The standard InChI is InChI=1S/C21H21N3O2S/c25-20(18-6-8-19(9-7-18)26-21-22-10-15-27-21)24-13-11-23(12-14-24)16-17-4-2-1-3-5-17/h1-10,15H,11-14,16H2. The zero-order valence-electron chi connectivity index (χ0n) is 15.0. The van der Waals surface area contributed by atoms with Crippen molar-refractivity contribution in [1.82, 2.24) is 14.8 Å². The molecule has 1 aliphatic heterocycles. The maximum absolute atomic E-state index is 12.7. The number of carbonyl (C=O) groups is 1. The van der Waals surface area contributed by atoms with Crippen LogP contribution in [0.3, 0.4) is 0 Å². The van der Waals surface area contributed by atoms with Crippen molar-refractivity contribution < 1.29 is 9.53 Å². The van der Waals surface area contributed by atoms with E-state index in [4.69, 9.17) is 4.74 Å². The fourth-order valence-electron chi connectivity index (χ4n) is 3.16. The summed E-state index contributed by atoms with van der Waals surface area (Å²) >= 11 is 1.44. The molecule has 27 heavy (non-hydrogen) atoms. The minimum atomic E-state index is 0.0789. The number of piperazine rings is 1. The highest BCUT2D eigenvalue weighted by Crippen LogP contribution is 2.23. The number of carbonyl (C=O) groups excluding carboxylic acids is 1. The Balaban J connectivity index is 1.31. The van der Waals surface area contributed by atoms with Crippen molar-refractivity contribution in [3.05, 3.63) is 77.3 Å². The Hall–Kier alpha value is -2.70. The van der Waals surface area contributed by atoms with E-state index in [0.29, 0.717) is 16.5 Å². The third-order valence-electron chi connectivity index (χ3n) is 4.62. The number of thiazole rings is 1. The second-order valence-corrected chi connectivity index (χ2v) is 7.34. The van der Waals surface area contributed by atoms with E-state index in [-0.39, 0.29) is 5.91 Å². The minimum Gasteiger partial charge on any atom is -0.431 e. The summed E-state index contributed by atoms with van der Waals surface area (Å²) in [6.07, 6.45) is 1.70. The van der Waals surface area contributed by atoms with Crippen molar-refractivity contribution in [3.8, 4) is 10.9 Å². The van der Waals surface area contributed by atoms with Gasteiger partial charge in [0, 0.05) is 49.9 Å². The van der Waals surface area contributed by atoms with Crippen LogP contribution in [0.4, 0.5) is 0 Å². The third-order valence-corrected chi connectivity index (χ3v) is 5.27. The second kappa shape index (κ2) is 8.33. The minimum absolute atomic E-state index is 0.0789. The third kappa shape index (κ3) is 4.53. The van der Waals surface area contributed by atoms with Gasteiger partial charge in [-0.25, -0.2) is 4.98 Å². The lowest BCUT2D eigenvalue weighted by atomic mass is 10.1. The van der Waals surface area contributed by atoms with E-state index in [2.05, 4.69) is 34.1 Å². The van der Waals surface area contributed by atoms with Gasteiger partial charge in [0.2, 0.25) is 0 Å². The molecule has 5 nitrogen and oxygen atoms in total. The molecule has 4 rings (SSSR count). The summed E-state index contributed by atoms with van der Waals surface area (Å²) in [6, 6.07) is 17.7. The maximum atomic E-state index is 12.7. The molecule has 1 amide bonds. The van der Waals surface area contributed by atoms with Gasteiger partial charge in [-0.2, -0.15) is 0 Å². The molecular formula is C21H21N3O2S. The molecule has 0 unspecified atom stereocenters. The molecule has 0 N–H and O–H groups in total. The van der Waals surface area contributed by atoms with E-state index in [0.717, 1.165) is 32.7 Å². The van der Waals surface area contributed by atoms with Crippen molar-refractivity contribution in [2.45, 2.75) is 6.54 Å². The summed E-state index contributed by atoms with van der Waals surface area (Å²) in [5.74, 6) is 0.768. The number of ether oxygens (including phenoxy) is 1. The normalized spacial score (nSPS) is 14.9. The molecule has 1 fully saturated rings. The average molecular weight is 379 g/mol. The smallest absolute Gasteiger partial charge is 0.278 e. The largest absolute Gasteiger partial charge is 0.431 e. The van der Waals surface area contributed by atoms with Gasteiger partial charge in [-0.15, -0.1) is 0 Å². The summed E-state index contributed by atoms with van der Waals surface area (Å²) in [5.41, 5.74) is 2.01. The highest BCUT2D eigenvalue weighted by atomic mass is 32.1. The molecule has 1 aliphatic rings. The van der Waals surface area contributed by atoms with Crippen LogP contribution in [0.5, 0.6) is 10.9 Å². The van der Waals surface area contributed by atoms with Crippen molar-refractivity contribution in [1.29, 1.82) is 0 Å². The first kappa shape index (κ1) is 17.7. The Kier molecular flexibility index (Phi) is 5.46. The van der Waals surface area contributed by atoms with E-state index in [1.165, 1.54) is 16.9 Å². The lowest BCUT2D eigenvalue weighted by molar-refractivity contribution is 0.0628. The topological polar surface area (TPSA) is 45.7 Å². The van der Waals surface area contributed by atoms with Gasteiger partial charge >= 0.3 is 0 Å². The van der Waals surface area contributed by atoms with Gasteiger partial charge in [0.1, 0.15) is 5.75 Å². The van der Waals surface area contributed by atoms with E-state index in [9.17, 15) is 4.79 Å². The van der Waals surface area contributed by atoms with Crippen molar-refractivity contribution in [3.63, 3.8) is 0 Å². The van der Waals surface area contributed by atoms with Gasteiger partial charge in [-0.1, -0.05) is 41.7 Å². The van der Waals surface area contributed by atoms with Gasteiger partial charge in [-0.3, -0.25) is 9.69 Å². The lowest BCUT2D eigenvalue weighted by Gasteiger charge is -2.34. The second-order valence-electron chi connectivity index (χ2n) is 6.48. The first-order valence-electron chi connectivity index (χ1n) is 9.01. The highest BCUT2D eigenvalue weighted by Gasteiger charge is 2.22. The van der Waals surface area contributed by atoms with Crippen LogP contribution in [0.15, 0.2) is 66.2 Å². The molecule has 3 aromatic rings. The van der Waals surface area contributed by atoms with Crippen LogP contribution in [-0.2, 0) is 6.54 Å². The summed E-state index contributed by atoms with van der Waals surface area (Å²) in [7, 11) is 0. The molecule has 0 bridgehead atoms. The van der Waals surface area contributed by atoms with E-state index >= 15 is 0 Å². The summed E-state index contributed by atoms with van der Waals surface area (Å²) in [5, 5.41) is 2.47.